The molecule has 0 heterocycles. The second-order valence-corrected chi connectivity index (χ2v) is 6.07. The summed E-state index contributed by atoms with van der Waals surface area (Å²) in [5.41, 5.74) is 0.890. The Morgan fingerprint density at radius 3 is 2.55 bits per heavy atom. The number of aliphatic carboxylic acids is 1. The molecule has 3 atom stereocenters. The standard InChI is InChI=1S/C17H24N2O3/c1-12-7-5-6-10-14(12)18-17(22)19-15(16(20)21)11-13-8-3-2-4-9-13/h2-4,8-9,12,14-15H,5-7,10-11H2,1H3,(H,20,21)(H2,18,19,22). The van der Waals surface area contributed by atoms with Crippen molar-refractivity contribution in [3.63, 3.8) is 0 Å². The third-order valence-electron chi connectivity index (χ3n) is 4.31. The van der Waals surface area contributed by atoms with Gasteiger partial charge in [0.05, 0.1) is 0 Å². The summed E-state index contributed by atoms with van der Waals surface area (Å²) in [7, 11) is 0. The van der Waals surface area contributed by atoms with E-state index in [-0.39, 0.29) is 18.5 Å². The van der Waals surface area contributed by atoms with E-state index in [4.69, 9.17) is 0 Å². The van der Waals surface area contributed by atoms with Crippen LogP contribution in [0.25, 0.3) is 0 Å². The van der Waals surface area contributed by atoms with Gasteiger partial charge in [0.1, 0.15) is 6.04 Å². The fourth-order valence-electron chi connectivity index (χ4n) is 2.95. The highest BCUT2D eigenvalue weighted by Crippen LogP contribution is 2.23. The molecule has 1 aromatic rings. The van der Waals surface area contributed by atoms with Crippen LogP contribution in [0.1, 0.15) is 38.2 Å². The molecule has 22 heavy (non-hydrogen) atoms. The molecule has 0 bridgehead atoms. The summed E-state index contributed by atoms with van der Waals surface area (Å²) in [5.74, 6) is -0.576. The Kier molecular flexibility index (Phi) is 5.81. The average molecular weight is 304 g/mol. The fourth-order valence-corrected chi connectivity index (χ4v) is 2.95. The van der Waals surface area contributed by atoms with Crippen molar-refractivity contribution in [1.29, 1.82) is 0 Å². The number of carboxylic acids is 1. The highest BCUT2D eigenvalue weighted by atomic mass is 16.4. The summed E-state index contributed by atoms with van der Waals surface area (Å²) in [4.78, 5) is 23.4. The highest BCUT2D eigenvalue weighted by Gasteiger charge is 2.25. The lowest BCUT2D eigenvalue weighted by Gasteiger charge is -2.30. The summed E-state index contributed by atoms with van der Waals surface area (Å²) < 4.78 is 0. The lowest BCUT2D eigenvalue weighted by molar-refractivity contribution is -0.139. The van der Waals surface area contributed by atoms with E-state index in [2.05, 4.69) is 17.6 Å². The Labute approximate surface area is 131 Å². The molecule has 0 spiro atoms. The van der Waals surface area contributed by atoms with Gasteiger partial charge in [-0.2, -0.15) is 0 Å². The Balaban J connectivity index is 1.90. The highest BCUT2D eigenvalue weighted by molar-refractivity contribution is 5.82. The van der Waals surface area contributed by atoms with Gasteiger partial charge >= 0.3 is 12.0 Å². The number of carbonyl (C=O) groups is 2. The molecule has 1 fully saturated rings. The molecule has 0 radical (unpaired) electrons. The summed E-state index contributed by atoms with van der Waals surface area (Å²) in [6.45, 7) is 2.13. The number of hydrogen-bond acceptors (Lipinski definition) is 2. The Morgan fingerprint density at radius 2 is 1.91 bits per heavy atom. The van der Waals surface area contributed by atoms with Crippen molar-refractivity contribution < 1.29 is 14.7 Å². The van der Waals surface area contributed by atoms with Gasteiger partial charge in [0.15, 0.2) is 0 Å². The summed E-state index contributed by atoms with van der Waals surface area (Å²) >= 11 is 0. The molecule has 0 aromatic heterocycles. The number of rotatable bonds is 5. The molecule has 2 rings (SSSR count). The van der Waals surface area contributed by atoms with Crippen molar-refractivity contribution in [2.75, 3.05) is 0 Å². The number of benzene rings is 1. The third-order valence-corrected chi connectivity index (χ3v) is 4.31. The maximum atomic E-state index is 12.1. The number of carbonyl (C=O) groups excluding carboxylic acids is 1. The maximum absolute atomic E-state index is 12.1. The van der Waals surface area contributed by atoms with Crippen molar-refractivity contribution in [1.82, 2.24) is 10.6 Å². The van der Waals surface area contributed by atoms with Crippen molar-refractivity contribution in [3.05, 3.63) is 35.9 Å². The number of urea groups is 1. The maximum Gasteiger partial charge on any atom is 0.326 e. The summed E-state index contributed by atoms with van der Waals surface area (Å²) in [6.07, 6.45) is 4.67. The van der Waals surface area contributed by atoms with E-state index in [1.165, 1.54) is 6.42 Å². The third kappa shape index (κ3) is 4.76. The SMILES string of the molecule is CC1CCCCC1NC(=O)NC(Cc1ccccc1)C(=O)O. The minimum absolute atomic E-state index is 0.139. The van der Waals surface area contributed by atoms with Crippen LogP contribution in [0.3, 0.4) is 0 Å². The minimum Gasteiger partial charge on any atom is -0.480 e. The van der Waals surface area contributed by atoms with Crippen LogP contribution in [0.15, 0.2) is 30.3 Å². The molecular formula is C17H24N2O3. The van der Waals surface area contributed by atoms with E-state index in [1.54, 1.807) is 0 Å². The lowest BCUT2D eigenvalue weighted by atomic mass is 9.86. The first-order valence-electron chi connectivity index (χ1n) is 7.90. The predicted molar refractivity (Wildman–Crippen MR) is 84.7 cm³/mol. The number of amides is 2. The van der Waals surface area contributed by atoms with E-state index in [1.807, 2.05) is 30.3 Å². The summed E-state index contributed by atoms with van der Waals surface area (Å²) in [6, 6.07) is 8.15. The first kappa shape index (κ1) is 16.3. The zero-order valence-electron chi connectivity index (χ0n) is 12.9. The molecule has 1 aromatic carbocycles. The van der Waals surface area contributed by atoms with Gasteiger partial charge < -0.3 is 15.7 Å². The van der Waals surface area contributed by atoms with Crippen LogP contribution >= 0.6 is 0 Å². The van der Waals surface area contributed by atoms with Crippen LogP contribution in [-0.4, -0.2) is 29.2 Å². The molecule has 3 unspecified atom stereocenters. The van der Waals surface area contributed by atoms with E-state index in [0.717, 1.165) is 24.8 Å². The van der Waals surface area contributed by atoms with Crippen molar-refractivity contribution >= 4 is 12.0 Å². The second kappa shape index (κ2) is 7.82. The molecule has 120 valence electrons. The monoisotopic (exact) mass is 304 g/mol. The van der Waals surface area contributed by atoms with Gasteiger partial charge in [-0.1, -0.05) is 50.1 Å². The van der Waals surface area contributed by atoms with Crippen LogP contribution in [0.4, 0.5) is 4.79 Å². The molecule has 5 heteroatoms. The van der Waals surface area contributed by atoms with Gasteiger partial charge in [-0.15, -0.1) is 0 Å². The van der Waals surface area contributed by atoms with Crippen LogP contribution in [0.5, 0.6) is 0 Å². The first-order chi connectivity index (χ1) is 10.6. The van der Waals surface area contributed by atoms with E-state index < -0.39 is 12.0 Å². The van der Waals surface area contributed by atoms with Crippen molar-refractivity contribution in [2.24, 2.45) is 5.92 Å². The largest absolute Gasteiger partial charge is 0.480 e. The van der Waals surface area contributed by atoms with Crippen LogP contribution < -0.4 is 10.6 Å². The minimum atomic E-state index is -1.02. The molecular weight excluding hydrogens is 280 g/mol. The predicted octanol–water partition coefficient (Wildman–Crippen LogP) is 2.56. The van der Waals surface area contributed by atoms with Gasteiger partial charge in [0.25, 0.3) is 0 Å². The number of carboxylic acid groups (broad SMARTS) is 1. The Bertz CT molecular complexity index is 504. The van der Waals surface area contributed by atoms with Gasteiger partial charge in [0.2, 0.25) is 0 Å². The number of nitrogens with one attached hydrogen (secondary N) is 2. The molecule has 1 saturated carbocycles. The topological polar surface area (TPSA) is 78.4 Å². The average Bonchev–Trinajstić information content (AvgIpc) is 2.50. The molecule has 1 aliphatic carbocycles. The Hall–Kier alpha value is -2.04. The van der Waals surface area contributed by atoms with E-state index >= 15 is 0 Å². The van der Waals surface area contributed by atoms with Gasteiger partial charge in [0, 0.05) is 12.5 Å². The van der Waals surface area contributed by atoms with Gasteiger partial charge in [-0.05, 0) is 24.3 Å². The van der Waals surface area contributed by atoms with Crippen LogP contribution in [-0.2, 0) is 11.2 Å². The van der Waals surface area contributed by atoms with E-state index in [9.17, 15) is 14.7 Å². The van der Waals surface area contributed by atoms with Crippen molar-refractivity contribution in [3.8, 4) is 0 Å². The quantitative estimate of drug-likeness (QED) is 0.782. The fraction of sp³-hybridized carbons (Fsp3) is 0.529. The number of hydrogen-bond donors (Lipinski definition) is 3. The zero-order chi connectivity index (χ0) is 15.9. The Morgan fingerprint density at radius 1 is 1.23 bits per heavy atom. The molecule has 3 N–H and O–H groups in total. The molecule has 2 amide bonds. The smallest absolute Gasteiger partial charge is 0.326 e. The zero-order valence-corrected chi connectivity index (χ0v) is 12.9. The van der Waals surface area contributed by atoms with Gasteiger partial charge in [-0.25, -0.2) is 9.59 Å². The summed E-state index contributed by atoms with van der Waals surface area (Å²) in [5, 5.41) is 14.8. The molecule has 5 nitrogen and oxygen atoms in total. The molecule has 0 saturated heterocycles. The van der Waals surface area contributed by atoms with Crippen LogP contribution in [0.2, 0.25) is 0 Å². The van der Waals surface area contributed by atoms with Crippen molar-refractivity contribution in [2.45, 2.75) is 51.1 Å². The first-order valence-corrected chi connectivity index (χ1v) is 7.90. The van der Waals surface area contributed by atoms with Gasteiger partial charge in [-0.3, -0.25) is 0 Å². The molecule has 1 aliphatic rings. The second-order valence-electron chi connectivity index (χ2n) is 6.07. The molecule has 0 aliphatic heterocycles. The van der Waals surface area contributed by atoms with E-state index in [0.29, 0.717) is 5.92 Å². The normalized spacial score (nSPS) is 22.6. The van der Waals surface area contributed by atoms with Crippen LogP contribution in [0, 0.1) is 5.92 Å². The lowest BCUT2D eigenvalue weighted by Crippen LogP contribution is -2.51.